The third-order valence-corrected chi connectivity index (χ3v) is 5.79. The maximum Gasteiger partial charge on any atom is 0.270 e. The number of rotatable bonds is 8. The lowest BCUT2D eigenvalue weighted by molar-refractivity contribution is -0.127. The molecule has 3 aromatic carbocycles. The van der Waals surface area contributed by atoms with Gasteiger partial charge < -0.3 is 16.2 Å². The molecule has 0 fully saturated rings. The number of nitrogens with one attached hydrogen (secondary N) is 1. The molecule has 7 heteroatoms. The molecular weight excluding hydrogens is 440 g/mol. The highest BCUT2D eigenvalue weighted by molar-refractivity contribution is 5.94. The third kappa shape index (κ3) is 5.65. The fourth-order valence-electron chi connectivity index (χ4n) is 4.05. The molecule has 178 valence electrons. The van der Waals surface area contributed by atoms with Crippen molar-refractivity contribution in [2.45, 2.75) is 32.4 Å². The largest absolute Gasteiger partial charge is 0.381 e. The van der Waals surface area contributed by atoms with Crippen molar-refractivity contribution in [1.82, 2.24) is 15.1 Å². The minimum atomic E-state index is -1.54. The minimum absolute atomic E-state index is 0.243. The van der Waals surface area contributed by atoms with Crippen molar-refractivity contribution in [3.8, 4) is 16.8 Å². The van der Waals surface area contributed by atoms with Crippen molar-refractivity contribution in [3.05, 3.63) is 107 Å². The number of carbonyl (C=O) groups is 2. The molecule has 0 spiro atoms. The van der Waals surface area contributed by atoms with E-state index in [1.54, 1.807) is 17.7 Å². The van der Waals surface area contributed by atoms with Crippen LogP contribution in [-0.2, 0) is 11.2 Å². The van der Waals surface area contributed by atoms with E-state index in [0.29, 0.717) is 11.4 Å². The van der Waals surface area contributed by atoms with Crippen LogP contribution in [0.3, 0.4) is 0 Å². The van der Waals surface area contributed by atoms with Crippen LogP contribution in [-0.4, -0.2) is 38.8 Å². The summed E-state index contributed by atoms with van der Waals surface area (Å²) in [4.78, 5) is 25.1. The molecule has 0 saturated carbocycles. The van der Waals surface area contributed by atoms with E-state index < -0.39 is 24.0 Å². The summed E-state index contributed by atoms with van der Waals surface area (Å²) in [5.74, 6) is -1.37. The number of benzene rings is 3. The molecule has 2 unspecified atom stereocenters. The fraction of sp³-hybridized carbons (Fsp3) is 0.179. The average Bonchev–Trinajstić information content (AvgIpc) is 3.25. The molecule has 7 nitrogen and oxygen atoms in total. The van der Waals surface area contributed by atoms with Crippen molar-refractivity contribution in [1.29, 1.82) is 0 Å². The highest BCUT2D eigenvalue weighted by Crippen LogP contribution is 2.24. The van der Waals surface area contributed by atoms with Gasteiger partial charge >= 0.3 is 0 Å². The van der Waals surface area contributed by atoms with Gasteiger partial charge in [-0.25, -0.2) is 4.68 Å². The first-order chi connectivity index (χ1) is 16.8. The molecule has 2 amide bonds. The van der Waals surface area contributed by atoms with Crippen molar-refractivity contribution in [2.24, 2.45) is 5.73 Å². The van der Waals surface area contributed by atoms with E-state index >= 15 is 0 Å². The van der Waals surface area contributed by atoms with Crippen molar-refractivity contribution in [2.75, 3.05) is 0 Å². The van der Waals surface area contributed by atoms with Crippen LogP contribution in [0.2, 0.25) is 0 Å². The smallest absolute Gasteiger partial charge is 0.270 e. The van der Waals surface area contributed by atoms with Gasteiger partial charge in [-0.2, -0.15) is 5.10 Å². The SMILES string of the molecule is Cc1cccc(-c2cccc(-n3nc(C)cc3C(=O)NC(Cc3ccccc3)C(O)C(N)=O)c2)c1. The third-order valence-electron chi connectivity index (χ3n) is 5.79. The van der Waals surface area contributed by atoms with Crippen LogP contribution < -0.4 is 11.1 Å². The molecule has 0 aliphatic rings. The fourth-order valence-corrected chi connectivity index (χ4v) is 4.05. The summed E-state index contributed by atoms with van der Waals surface area (Å²) in [6.45, 7) is 3.84. The average molecular weight is 469 g/mol. The zero-order chi connectivity index (χ0) is 24.9. The molecule has 4 rings (SSSR count). The summed E-state index contributed by atoms with van der Waals surface area (Å²) in [5.41, 5.74) is 11.1. The van der Waals surface area contributed by atoms with E-state index in [4.69, 9.17) is 5.73 Å². The van der Waals surface area contributed by atoms with Gasteiger partial charge in [-0.05, 0) is 55.2 Å². The van der Waals surface area contributed by atoms with Gasteiger partial charge in [0.15, 0.2) is 6.10 Å². The maximum absolute atomic E-state index is 13.3. The summed E-state index contributed by atoms with van der Waals surface area (Å²) in [5, 5.41) is 17.7. The zero-order valence-corrected chi connectivity index (χ0v) is 19.7. The number of aromatic nitrogens is 2. The number of nitrogens with zero attached hydrogens (tertiary/aromatic N) is 2. The first kappa shape index (κ1) is 23.9. The molecular formula is C28H28N4O3. The Morgan fingerprint density at radius 3 is 2.31 bits per heavy atom. The molecule has 4 aromatic rings. The van der Waals surface area contributed by atoms with E-state index in [0.717, 1.165) is 27.9 Å². The summed E-state index contributed by atoms with van der Waals surface area (Å²) in [6, 6.07) is 26.0. The Morgan fingerprint density at radius 2 is 1.63 bits per heavy atom. The summed E-state index contributed by atoms with van der Waals surface area (Å²) in [7, 11) is 0. The Balaban J connectivity index is 1.64. The van der Waals surface area contributed by atoms with Crippen LogP contribution in [0.25, 0.3) is 16.8 Å². The van der Waals surface area contributed by atoms with Gasteiger partial charge in [0.1, 0.15) is 5.69 Å². The highest BCUT2D eigenvalue weighted by atomic mass is 16.3. The lowest BCUT2D eigenvalue weighted by Gasteiger charge is -2.22. The van der Waals surface area contributed by atoms with Crippen LogP contribution in [0.4, 0.5) is 0 Å². The molecule has 1 aromatic heterocycles. The maximum atomic E-state index is 13.3. The number of nitrogens with two attached hydrogens (primary N) is 1. The van der Waals surface area contributed by atoms with E-state index in [1.165, 1.54) is 0 Å². The van der Waals surface area contributed by atoms with Gasteiger partial charge in [-0.15, -0.1) is 0 Å². The van der Waals surface area contributed by atoms with Crippen molar-refractivity contribution < 1.29 is 14.7 Å². The lowest BCUT2D eigenvalue weighted by atomic mass is 10.0. The van der Waals surface area contributed by atoms with Gasteiger partial charge in [0.2, 0.25) is 5.91 Å². The Labute approximate surface area is 204 Å². The molecule has 0 radical (unpaired) electrons. The lowest BCUT2D eigenvalue weighted by Crippen LogP contribution is -2.50. The standard InChI is InChI=1S/C28H28N4O3/c1-18-8-6-11-21(14-18)22-12-7-13-23(17-22)32-25(15-19(2)31-32)28(35)30-24(26(33)27(29)34)16-20-9-4-3-5-10-20/h3-15,17,24,26,33H,16H2,1-2H3,(H2,29,34)(H,30,35). The van der Waals surface area contributed by atoms with Crippen LogP contribution >= 0.6 is 0 Å². The van der Waals surface area contributed by atoms with Gasteiger partial charge in [-0.3, -0.25) is 9.59 Å². The van der Waals surface area contributed by atoms with Crippen LogP contribution in [0, 0.1) is 13.8 Å². The van der Waals surface area contributed by atoms with Crippen molar-refractivity contribution >= 4 is 11.8 Å². The Bertz CT molecular complexity index is 1350. The summed E-state index contributed by atoms with van der Waals surface area (Å²) in [6.07, 6.45) is -1.30. The number of aliphatic hydroxyl groups is 1. The molecule has 2 atom stereocenters. The number of primary amides is 1. The zero-order valence-electron chi connectivity index (χ0n) is 19.7. The predicted molar refractivity (Wildman–Crippen MR) is 135 cm³/mol. The van der Waals surface area contributed by atoms with Crippen LogP contribution in [0.1, 0.15) is 27.3 Å². The van der Waals surface area contributed by atoms with Crippen molar-refractivity contribution in [3.63, 3.8) is 0 Å². The van der Waals surface area contributed by atoms with Crippen LogP contribution in [0.5, 0.6) is 0 Å². The van der Waals surface area contributed by atoms with Gasteiger partial charge in [0.25, 0.3) is 5.91 Å². The van der Waals surface area contributed by atoms with E-state index in [1.807, 2.05) is 79.7 Å². The molecule has 0 aliphatic heterocycles. The Morgan fingerprint density at radius 1 is 0.943 bits per heavy atom. The van der Waals surface area contributed by atoms with Gasteiger partial charge in [0, 0.05) is 0 Å². The summed E-state index contributed by atoms with van der Waals surface area (Å²) >= 11 is 0. The number of aryl methyl sites for hydroxylation is 2. The Kier molecular flexibility index (Phi) is 7.08. The number of hydrogen-bond donors (Lipinski definition) is 3. The number of amides is 2. The second kappa shape index (κ2) is 10.4. The monoisotopic (exact) mass is 468 g/mol. The van der Waals surface area contributed by atoms with Crippen LogP contribution in [0.15, 0.2) is 84.9 Å². The van der Waals surface area contributed by atoms with Gasteiger partial charge in [-0.1, -0.05) is 72.3 Å². The summed E-state index contributed by atoms with van der Waals surface area (Å²) < 4.78 is 1.57. The topological polar surface area (TPSA) is 110 Å². The van der Waals surface area contributed by atoms with E-state index in [2.05, 4.69) is 16.5 Å². The van der Waals surface area contributed by atoms with E-state index in [-0.39, 0.29) is 6.42 Å². The molecule has 1 heterocycles. The van der Waals surface area contributed by atoms with E-state index in [9.17, 15) is 14.7 Å². The predicted octanol–water partition coefficient (Wildman–Crippen LogP) is 3.34. The quantitative estimate of drug-likeness (QED) is 0.368. The molecule has 0 saturated heterocycles. The molecule has 35 heavy (non-hydrogen) atoms. The first-order valence-electron chi connectivity index (χ1n) is 11.4. The molecule has 4 N–H and O–H groups in total. The van der Waals surface area contributed by atoms with Gasteiger partial charge in [0.05, 0.1) is 17.4 Å². The number of carbonyl (C=O) groups excluding carboxylic acids is 2. The number of aliphatic hydroxyl groups excluding tert-OH is 1. The second-order valence-corrected chi connectivity index (χ2v) is 8.62. The highest BCUT2D eigenvalue weighted by Gasteiger charge is 2.28. The molecule has 0 bridgehead atoms. The normalized spacial score (nSPS) is 12.7. The number of hydrogen-bond acceptors (Lipinski definition) is 4. The first-order valence-corrected chi connectivity index (χ1v) is 11.4. The molecule has 0 aliphatic carbocycles. The Hall–Kier alpha value is -4.23. The second-order valence-electron chi connectivity index (χ2n) is 8.62. The minimum Gasteiger partial charge on any atom is -0.381 e.